The molecular formula is C15H20N2O4. The van der Waals surface area contributed by atoms with Crippen molar-refractivity contribution >= 4 is 17.7 Å². The Labute approximate surface area is 123 Å². The molecule has 0 aliphatic rings. The number of nitro benzene ring substituents is 1. The molecule has 0 bridgehead atoms. The second-order valence-electron chi connectivity index (χ2n) is 5.54. The summed E-state index contributed by atoms with van der Waals surface area (Å²) in [6.07, 6.45) is 3.59. The van der Waals surface area contributed by atoms with Crippen LogP contribution in [0.25, 0.3) is 6.08 Å². The number of rotatable bonds is 7. The van der Waals surface area contributed by atoms with Gasteiger partial charge in [-0.1, -0.05) is 13.8 Å². The Kier molecular flexibility index (Phi) is 6.05. The zero-order valence-corrected chi connectivity index (χ0v) is 12.2. The molecule has 0 aromatic heterocycles. The first-order valence-corrected chi connectivity index (χ1v) is 6.65. The minimum absolute atomic E-state index is 0.0161. The van der Waals surface area contributed by atoms with E-state index in [1.165, 1.54) is 18.2 Å². The number of hydrogen-bond donors (Lipinski definition) is 2. The van der Waals surface area contributed by atoms with Gasteiger partial charge in [-0.05, 0) is 35.6 Å². The first-order valence-electron chi connectivity index (χ1n) is 6.65. The molecule has 21 heavy (non-hydrogen) atoms. The summed E-state index contributed by atoms with van der Waals surface area (Å²) in [5.41, 5.74) is 0.568. The van der Waals surface area contributed by atoms with Crippen molar-refractivity contribution in [2.45, 2.75) is 20.3 Å². The maximum atomic E-state index is 11.7. The van der Waals surface area contributed by atoms with E-state index in [4.69, 9.17) is 5.11 Å². The quantitative estimate of drug-likeness (QED) is 0.457. The van der Waals surface area contributed by atoms with E-state index >= 15 is 0 Å². The van der Waals surface area contributed by atoms with Crippen LogP contribution in [0.3, 0.4) is 0 Å². The molecule has 0 heterocycles. The van der Waals surface area contributed by atoms with Crippen LogP contribution >= 0.6 is 0 Å². The predicted molar refractivity (Wildman–Crippen MR) is 80.6 cm³/mol. The van der Waals surface area contributed by atoms with Gasteiger partial charge in [0.1, 0.15) is 0 Å². The number of benzene rings is 1. The van der Waals surface area contributed by atoms with Gasteiger partial charge >= 0.3 is 0 Å². The van der Waals surface area contributed by atoms with Crippen LogP contribution in [0.1, 0.15) is 25.8 Å². The minimum atomic E-state index is -0.469. The molecule has 1 aromatic rings. The fourth-order valence-electron chi connectivity index (χ4n) is 1.66. The Morgan fingerprint density at radius 2 is 2.00 bits per heavy atom. The van der Waals surface area contributed by atoms with Crippen LogP contribution in [0, 0.1) is 15.5 Å². The maximum absolute atomic E-state index is 11.7. The Balaban J connectivity index is 2.52. The van der Waals surface area contributed by atoms with Crippen LogP contribution in [0.15, 0.2) is 30.3 Å². The topological polar surface area (TPSA) is 92.5 Å². The summed E-state index contributed by atoms with van der Waals surface area (Å²) in [4.78, 5) is 21.7. The van der Waals surface area contributed by atoms with Crippen LogP contribution in [-0.4, -0.2) is 29.1 Å². The summed E-state index contributed by atoms with van der Waals surface area (Å²) in [5.74, 6) is -0.237. The SMILES string of the molecule is CC(C)(CCO)CNC(=O)/C=C/c1ccc([N+](=O)[O-])cc1. The summed E-state index contributed by atoms with van der Waals surface area (Å²) >= 11 is 0. The van der Waals surface area contributed by atoms with Gasteiger partial charge in [0.15, 0.2) is 0 Å². The molecule has 0 saturated carbocycles. The van der Waals surface area contributed by atoms with Crippen LogP contribution in [0.4, 0.5) is 5.69 Å². The van der Waals surface area contributed by atoms with Crippen LogP contribution in [0.2, 0.25) is 0 Å². The molecule has 1 rings (SSSR count). The number of carbonyl (C=O) groups excluding carboxylic acids is 1. The van der Waals surface area contributed by atoms with Crippen molar-refractivity contribution in [3.05, 3.63) is 46.0 Å². The average Bonchev–Trinajstić information content (AvgIpc) is 2.43. The van der Waals surface area contributed by atoms with E-state index < -0.39 is 4.92 Å². The van der Waals surface area contributed by atoms with E-state index in [1.54, 1.807) is 18.2 Å². The number of aliphatic hydroxyl groups excluding tert-OH is 1. The van der Waals surface area contributed by atoms with Gasteiger partial charge in [0.25, 0.3) is 5.69 Å². The van der Waals surface area contributed by atoms with Crippen molar-refractivity contribution in [1.29, 1.82) is 0 Å². The molecular weight excluding hydrogens is 272 g/mol. The van der Waals surface area contributed by atoms with Gasteiger partial charge < -0.3 is 10.4 Å². The molecule has 114 valence electrons. The van der Waals surface area contributed by atoms with Crippen LogP contribution < -0.4 is 5.32 Å². The number of aliphatic hydroxyl groups is 1. The van der Waals surface area contributed by atoms with E-state index in [0.717, 1.165) is 0 Å². The first kappa shape index (κ1) is 16.8. The van der Waals surface area contributed by atoms with Crippen molar-refractivity contribution < 1.29 is 14.8 Å². The third-order valence-electron chi connectivity index (χ3n) is 3.06. The molecule has 0 atom stereocenters. The van der Waals surface area contributed by atoms with Crippen LogP contribution in [0.5, 0.6) is 0 Å². The Hall–Kier alpha value is -2.21. The summed E-state index contributed by atoms with van der Waals surface area (Å²) < 4.78 is 0. The highest BCUT2D eigenvalue weighted by atomic mass is 16.6. The monoisotopic (exact) mass is 292 g/mol. The highest BCUT2D eigenvalue weighted by molar-refractivity contribution is 5.91. The molecule has 0 spiro atoms. The smallest absolute Gasteiger partial charge is 0.269 e. The molecule has 6 nitrogen and oxygen atoms in total. The molecule has 0 aliphatic carbocycles. The van der Waals surface area contributed by atoms with Crippen molar-refractivity contribution in [2.75, 3.05) is 13.2 Å². The Bertz CT molecular complexity index is 521. The number of nitrogens with one attached hydrogen (secondary N) is 1. The Morgan fingerprint density at radius 1 is 1.38 bits per heavy atom. The molecule has 0 aliphatic heterocycles. The highest BCUT2D eigenvalue weighted by Gasteiger charge is 2.17. The second-order valence-corrected chi connectivity index (χ2v) is 5.54. The zero-order valence-electron chi connectivity index (χ0n) is 12.2. The second kappa shape index (κ2) is 7.54. The molecule has 6 heteroatoms. The van der Waals surface area contributed by atoms with E-state index in [9.17, 15) is 14.9 Å². The number of hydrogen-bond acceptors (Lipinski definition) is 4. The van der Waals surface area contributed by atoms with Gasteiger partial charge in [0, 0.05) is 31.4 Å². The van der Waals surface area contributed by atoms with E-state index in [0.29, 0.717) is 18.5 Å². The third kappa shape index (κ3) is 6.18. The van der Waals surface area contributed by atoms with Gasteiger partial charge in [-0.15, -0.1) is 0 Å². The van der Waals surface area contributed by atoms with Crippen molar-refractivity contribution in [3.63, 3.8) is 0 Å². The highest BCUT2D eigenvalue weighted by Crippen LogP contribution is 2.18. The standard InChI is InChI=1S/C15H20N2O4/c1-15(2,9-10-18)11-16-14(19)8-5-12-3-6-13(7-4-12)17(20)21/h3-8,18H,9-11H2,1-2H3,(H,16,19)/b8-5+. The number of amides is 1. The number of nitrogens with zero attached hydrogens (tertiary/aromatic N) is 1. The fourth-order valence-corrected chi connectivity index (χ4v) is 1.66. The molecule has 0 radical (unpaired) electrons. The van der Waals surface area contributed by atoms with Crippen molar-refractivity contribution in [1.82, 2.24) is 5.32 Å². The van der Waals surface area contributed by atoms with Crippen LogP contribution in [-0.2, 0) is 4.79 Å². The molecule has 1 aromatic carbocycles. The van der Waals surface area contributed by atoms with Gasteiger partial charge in [0.2, 0.25) is 5.91 Å². The fraction of sp³-hybridized carbons (Fsp3) is 0.400. The molecule has 2 N–H and O–H groups in total. The third-order valence-corrected chi connectivity index (χ3v) is 3.06. The number of carbonyl (C=O) groups is 1. The summed E-state index contributed by atoms with van der Waals surface area (Å²) in [6.45, 7) is 4.48. The lowest BCUT2D eigenvalue weighted by atomic mass is 9.90. The molecule has 0 fully saturated rings. The number of nitro groups is 1. The van der Waals surface area contributed by atoms with Gasteiger partial charge in [-0.25, -0.2) is 0 Å². The van der Waals surface area contributed by atoms with Crippen molar-refractivity contribution in [3.8, 4) is 0 Å². The maximum Gasteiger partial charge on any atom is 0.269 e. The molecule has 1 amide bonds. The zero-order chi connectivity index (χ0) is 15.9. The van der Waals surface area contributed by atoms with Gasteiger partial charge in [-0.3, -0.25) is 14.9 Å². The van der Waals surface area contributed by atoms with E-state index in [2.05, 4.69) is 5.32 Å². The lowest BCUT2D eigenvalue weighted by Crippen LogP contribution is -2.33. The van der Waals surface area contributed by atoms with Crippen molar-refractivity contribution in [2.24, 2.45) is 5.41 Å². The summed E-state index contributed by atoms with van der Waals surface area (Å²) in [6, 6.07) is 5.94. The average molecular weight is 292 g/mol. The van der Waals surface area contributed by atoms with Gasteiger partial charge in [0.05, 0.1) is 4.92 Å². The summed E-state index contributed by atoms with van der Waals surface area (Å²) in [5, 5.41) is 22.2. The van der Waals surface area contributed by atoms with E-state index in [-0.39, 0.29) is 23.6 Å². The summed E-state index contributed by atoms with van der Waals surface area (Å²) in [7, 11) is 0. The first-order chi connectivity index (χ1) is 9.84. The molecule has 0 saturated heterocycles. The largest absolute Gasteiger partial charge is 0.396 e. The molecule has 0 unspecified atom stereocenters. The lowest BCUT2D eigenvalue weighted by molar-refractivity contribution is -0.384. The van der Waals surface area contributed by atoms with E-state index in [1.807, 2.05) is 13.8 Å². The minimum Gasteiger partial charge on any atom is -0.396 e. The lowest BCUT2D eigenvalue weighted by Gasteiger charge is -2.23. The number of non-ortho nitro benzene ring substituents is 1. The predicted octanol–water partition coefficient (Wildman–Crippen LogP) is 2.13. The van der Waals surface area contributed by atoms with Gasteiger partial charge in [-0.2, -0.15) is 0 Å². The normalized spacial score (nSPS) is 11.6. The Morgan fingerprint density at radius 3 is 2.52 bits per heavy atom.